The Hall–Kier alpha value is -0.120. The smallest absolute Gasteiger partial charge is 0.0128 e. The molecule has 0 radical (unpaired) electrons. The molecule has 114 valence electrons. The number of hydrogen-bond acceptors (Lipinski definition) is 3. The second kappa shape index (κ2) is 7.61. The van der Waals surface area contributed by atoms with Gasteiger partial charge >= 0.3 is 0 Å². The van der Waals surface area contributed by atoms with Gasteiger partial charge in [0.2, 0.25) is 0 Å². The summed E-state index contributed by atoms with van der Waals surface area (Å²) in [6, 6.07) is 1.42. The van der Waals surface area contributed by atoms with Gasteiger partial charge in [-0.3, -0.25) is 0 Å². The van der Waals surface area contributed by atoms with Crippen molar-refractivity contribution in [2.75, 3.05) is 40.3 Å². The predicted molar refractivity (Wildman–Crippen MR) is 84.7 cm³/mol. The molecule has 1 aliphatic rings. The molecule has 0 saturated carbocycles. The lowest BCUT2D eigenvalue weighted by Crippen LogP contribution is -2.46. The Kier molecular flexibility index (Phi) is 6.78. The highest BCUT2D eigenvalue weighted by Crippen LogP contribution is 2.23. The molecule has 0 spiro atoms. The summed E-state index contributed by atoms with van der Waals surface area (Å²) >= 11 is 0. The molecular weight excluding hydrogens is 234 g/mol. The Bertz CT molecular complexity index is 237. The first-order chi connectivity index (χ1) is 8.84. The van der Waals surface area contributed by atoms with Crippen LogP contribution in [0.5, 0.6) is 0 Å². The third-order valence-electron chi connectivity index (χ3n) is 4.52. The van der Waals surface area contributed by atoms with Gasteiger partial charge in [-0.2, -0.15) is 0 Å². The molecule has 1 rings (SSSR count). The van der Waals surface area contributed by atoms with Crippen molar-refractivity contribution in [3.8, 4) is 0 Å². The lowest BCUT2D eigenvalue weighted by molar-refractivity contribution is 0.132. The van der Waals surface area contributed by atoms with Gasteiger partial charge in [0.1, 0.15) is 0 Å². The number of piperidine rings is 1. The third kappa shape index (κ3) is 5.80. The van der Waals surface area contributed by atoms with Crippen LogP contribution in [0.3, 0.4) is 0 Å². The fourth-order valence-electron chi connectivity index (χ4n) is 3.06. The van der Waals surface area contributed by atoms with Crippen LogP contribution in [0.15, 0.2) is 0 Å². The molecular formula is C16H35N3. The van der Waals surface area contributed by atoms with Gasteiger partial charge in [-0.25, -0.2) is 0 Å². The van der Waals surface area contributed by atoms with Crippen molar-refractivity contribution in [2.24, 2.45) is 5.41 Å². The van der Waals surface area contributed by atoms with Crippen molar-refractivity contribution in [3.63, 3.8) is 0 Å². The van der Waals surface area contributed by atoms with Crippen LogP contribution in [-0.2, 0) is 0 Å². The van der Waals surface area contributed by atoms with Crippen LogP contribution >= 0.6 is 0 Å². The van der Waals surface area contributed by atoms with E-state index >= 15 is 0 Å². The minimum atomic E-state index is 0.359. The molecule has 19 heavy (non-hydrogen) atoms. The fourth-order valence-corrected chi connectivity index (χ4v) is 3.06. The van der Waals surface area contributed by atoms with E-state index in [0.717, 1.165) is 12.6 Å². The molecule has 1 unspecified atom stereocenters. The molecule has 3 nitrogen and oxygen atoms in total. The maximum absolute atomic E-state index is 3.65. The van der Waals surface area contributed by atoms with Gasteiger partial charge in [-0.15, -0.1) is 0 Å². The highest BCUT2D eigenvalue weighted by molar-refractivity contribution is 4.83. The van der Waals surface area contributed by atoms with E-state index in [0.29, 0.717) is 11.5 Å². The Morgan fingerprint density at radius 3 is 2.21 bits per heavy atom. The second-order valence-corrected chi connectivity index (χ2v) is 7.30. The molecule has 1 atom stereocenters. The molecule has 0 bridgehead atoms. The molecule has 3 heteroatoms. The van der Waals surface area contributed by atoms with Crippen LogP contribution in [0.2, 0.25) is 0 Å². The summed E-state index contributed by atoms with van der Waals surface area (Å²) in [6.45, 7) is 14.1. The molecule has 0 aromatic rings. The summed E-state index contributed by atoms with van der Waals surface area (Å²) in [6.07, 6.45) is 3.92. The summed E-state index contributed by atoms with van der Waals surface area (Å²) in [5.74, 6) is 0. The quantitative estimate of drug-likeness (QED) is 0.799. The average molecular weight is 269 g/mol. The standard InChI is InChI=1S/C16H35N3/c1-7-17-15(16(2,3)4)10-13-19-11-8-14(9-12-19)18(5)6/h14-15,17H,7-13H2,1-6H3. The molecule has 0 amide bonds. The largest absolute Gasteiger partial charge is 0.314 e. The van der Waals surface area contributed by atoms with E-state index in [9.17, 15) is 0 Å². The third-order valence-corrected chi connectivity index (χ3v) is 4.52. The summed E-state index contributed by atoms with van der Waals surface area (Å²) in [5.41, 5.74) is 0.359. The number of nitrogens with one attached hydrogen (secondary N) is 1. The highest BCUT2D eigenvalue weighted by Gasteiger charge is 2.25. The maximum Gasteiger partial charge on any atom is 0.0128 e. The SMILES string of the molecule is CCNC(CCN1CCC(N(C)C)CC1)C(C)(C)C. The van der Waals surface area contributed by atoms with E-state index in [1.165, 1.54) is 38.9 Å². The fraction of sp³-hybridized carbons (Fsp3) is 1.00. The Morgan fingerprint density at radius 1 is 1.21 bits per heavy atom. The van der Waals surface area contributed by atoms with Crippen molar-refractivity contribution in [1.82, 2.24) is 15.1 Å². The van der Waals surface area contributed by atoms with Gasteiger partial charge in [0.25, 0.3) is 0 Å². The van der Waals surface area contributed by atoms with Crippen molar-refractivity contribution >= 4 is 0 Å². The van der Waals surface area contributed by atoms with Crippen molar-refractivity contribution in [2.45, 2.75) is 59.0 Å². The summed E-state index contributed by atoms with van der Waals surface area (Å²) in [7, 11) is 4.42. The number of likely N-dealkylation sites (tertiary alicyclic amines) is 1. The molecule has 1 aliphatic heterocycles. The first-order valence-electron chi connectivity index (χ1n) is 7.96. The number of hydrogen-bond donors (Lipinski definition) is 1. The van der Waals surface area contributed by atoms with E-state index in [4.69, 9.17) is 0 Å². The topological polar surface area (TPSA) is 18.5 Å². The van der Waals surface area contributed by atoms with E-state index in [1.807, 2.05) is 0 Å². The molecule has 0 aromatic carbocycles. The predicted octanol–water partition coefficient (Wildman–Crippen LogP) is 2.43. The molecule has 0 aliphatic carbocycles. The van der Waals surface area contributed by atoms with Gasteiger partial charge in [0.05, 0.1) is 0 Å². The zero-order chi connectivity index (χ0) is 14.5. The monoisotopic (exact) mass is 269 g/mol. The molecule has 0 aromatic heterocycles. The zero-order valence-electron chi connectivity index (χ0n) is 14.0. The van der Waals surface area contributed by atoms with Crippen LogP contribution in [0.25, 0.3) is 0 Å². The van der Waals surface area contributed by atoms with Crippen LogP contribution in [-0.4, -0.2) is 62.2 Å². The average Bonchev–Trinajstić information content (AvgIpc) is 2.33. The second-order valence-electron chi connectivity index (χ2n) is 7.30. The van der Waals surface area contributed by atoms with E-state index in [2.05, 4.69) is 56.9 Å². The molecule has 1 N–H and O–H groups in total. The summed E-state index contributed by atoms with van der Waals surface area (Å²) in [4.78, 5) is 5.03. The lowest BCUT2D eigenvalue weighted by atomic mass is 9.84. The van der Waals surface area contributed by atoms with Gasteiger partial charge < -0.3 is 15.1 Å². The Morgan fingerprint density at radius 2 is 1.79 bits per heavy atom. The Balaban J connectivity index is 2.32. The van der Waals surface area contributed by atoms with E-state index < -0.39 is 0 Å². The van der Waals surface area contributed by atoms with Crippen LogP contribution < -0.4 is 5.32 Å². The van der Waals surface area contributed by atoms with Crippen LogP contribution in [0, 0.1) is 5.41 Å². The van der Waals surface area contributed by atoms with Gasteiger partial charge in [-0.1, -0.05) is 27.7 Å². The summed E-state index contributed by atoms with van der Waals surface area (Å²) in [5, 5.41) is 3.65. The molecule has 1 fully saturated rings. The normalized spacial score (nSPS) is 21.0. The first kappa shape index (κ1) is 16.9. The minimum absolute atomic E-state index is 0.359. The van der Waals surface area contributed by atoms with Crippen molar-refractivity contribution in [1.29, 1.82) is 0 Å². The lowest BCUT2D eigenvalue weighted by Gasteiger charge is -2.37. The molecule has 1 saturated heterocycles. The first-order valence-corrected chi connectivity index (χ1v) is 7.96. The van der Waals surface area contributed by atoms with E-state index in [-0.39, 0.29) is 0 Å². The van der Waals surface area contributed by atoms with Gasteiger partial charge in [0.15, 0.2) is 0 Å². The number of nitrogens with zero attached hydrogens (tertiary/aromatic N) is 2. The van der Waals surface area contributed by atoms with E-state index in [1.54, 1.807) is 0 Å². The summed E-state index contributed by atoms with van der Waals surface area (Å²) < 4.78 is 0. The Labute approximate surface area is 120 Å². The molecule has 1 heterocycles. The highest BCUT2D eigenvalue weighted by atomic mass is 15.2. The minimum Gasteiger partial charge on any atom is -0.314 e. The maximum atomic E-state index is 3.65. The van der Waals surface area contributed by atoms with Gasteiger partial charge in [0, 0.05) is 12.1 Å². The van der Waals surface area contributed by atoms with Crippen molar-refractivity contribution < 1.29 is 0 Å². The van der Waals surface area contributed by atoms with Gasteiger partial charge in [-0.05, 0) is 65.0 Å². The van der Waals surface area contributed by atoms with Crippen LogP contribution in [0.1, 0.15) is 47.0 Å². The van der Waals surface area contributed by atoms with Crippen molar-refractivity contribution in [3.05, 3.63) is 0 Å². The van der Waals surface area contributed by atoms with Crippen LogP contribution in [0.4, 0.5) is 0 Å². The number of rotatable bonds is 6. The zero-order valence-corrected chi connectivity index (χ0v) is 14.0.